The summed E-state index contributed by atoms with van der Waals surface area (Å²) < 4.78 is 1.54. The second-order valence-corrected chi connectivity index (χ2v) is 6.43. The van der Waals surface area contributed by atoms with Gasteiger partial charge in [-0.15, -0.1) is 0 Å². The molecule has 1 aromatic carbocycles. The fourth-order valence-corrected chi connectivity index (χ4v) is 2.80. The van der Waals surface area contributed by atoms with Crippen LogP contribution < -0.4 is 10.2 Å². The Labute approximate surface area is 174 Å². The standard InChI is InChI=1S/C21H21N7O2/c22-11-4-12-27(18-5-2-1-3-6-18)21(30)10-9-20(29)25-14-17-7-8-19(24-13-17)28-16-23-15-26-28/h1-3,5-8,13,15-16H,4,9-10,12,14H2,(H,25,29). The number of carbonyl (C=O) groups is 2. The van der Waals surface area contributed by atoms with Gasteiger partial charge in [-0.05, 0) is 23.8 Å². The highest BCUT2D eigenvalue weighted by Crippen LogP contribution is 2.15. The lowest BCUT2D eigenvalue weighted by atomic mass is 10.2. The van der Waals surface area contributed by atoms with Crippen LogP contribution in [-0.4, -0.2) is 38.1 Å². The molecule has 0 saturated heterocycles. The van der Waals surface area contributed by atoms with Gasteiger partial charge in [0.2, 0.25) is 11.8 Å². The zero-order valence-electron chi connectivity index (χ0n) is 16.3. The molecule has 0 spiro atoms. The first-order chi connectivity index (χ1) is 14.7. The van der Waals surface area contributed by atoms with E-state index in [1.54, 1.807) is 28.2 Å². The number of benzene rings is 1. The fourth-order valence-electron chi connectivity index (χ4n) is 2.80. The molecule has 0 aliphatic carbocycles. The molecule has 2 heterocycles. The zero-order valence-corrected chi connectivity index (χ0v) is 16.3. The first kappa shape index (κ1) is 20.7. The number of carbonyl (C=O) groups excluding carboxylic acids is 2. The summed E-state index contributed by atoms with van der Waals surface area (Å²) in [4.78, 5) is 34.5. The van der Waals surface area contributed by atoms with Gasteiger partial charge in [-0.1, -0.05) is 24.3 Å². The maximum atomic E-state index is 12.6. The van der Waals surface area contributed by atoms with Gasteiger partial charge in [0.1, 0.15) is 12.7 Å². The third-order valence-electron chi connectivity index (χ3n) is 4.33. The predicted molar refractivity (Wildman–Crippen MR) is 109 cm³/mol. The number of nitriles is 1. The Balaban J connectivity index is 1.48. The number of anilines is 1. The molecule has 0 saturated carbocycles. The summed E-state index contributed by atoms with van der Waals surface area (Å²) in [6, 6.07) is 14.8. The van der Waals surface area contributed by atoms with Gasteiger partial charge in [0.25, 0.3) is 0 Å². The molecule has 3 aromatic rings. The number of amides is 2. The maximum Gasteiger partial charge on any atom is 0.227 e. The minimum absolute atomic E-state index is 0.0651. The third-order valence-corrected chi connectivity index (χ3v) is 4.33. The Morgan fingerprint density at radius 2 is 1.97 bits per heavy atom. The molecule has 0 bridgehead atoms. The van der Waals surface area contributed by atoms with Crippen LogP contribution >= 0.6 is 0 Å². The molecule has 2 aromatic heterocycles. The minimum Gasteiger partial charge on any atom is -0.352 e. The Hall–Kier alpha value is -4.06. The quantitative estimate of drug-likeness (QED) is 0.584. The Bertz CT molecular complexity index is 996. The third kappa shape index (κ3) is 5.72. The molecule has 0 aliphatic rings. The van der Waals surface area contributed by atoms with Crippen molar-refractivity contribution >= 4 is 17.5 Å². The molecule has 152 valence electrons. The van der Waals surface area contributed by atoms with Gasteiger partial charge >= 0.3 is 0 Å². The van der Waals surface area contributed by atoms with E-state index in [-0.39, 0.29) is 31.1 Å². The number of pyridine rings is 1. The molecule has 9 nitrogen and oxygen atoms in total. The Kier molecular flexibility index (Phi) is 7.22. The van der Waals surface area contributed by atoms with Crippen molar-refractivity contribution in [3.63, 3.8) is 0 Å². The lowest BCUT2D eigenvalue weighted by molar-refractivity contribution is -0.125. The van der Waals surface area contributed by atoms with Crippen molar-refractivity contribution in [1.29, 1.82) is 5.26 Å². The van der Waals surface area contributed by atoms with E-state index in [1.165, 1.54) is 6.33 Å². The van der Waals surface area contributed by atoms with Crippen LogP contribution in [0.25, 0.3) is 5.82 Å². The van der Waals surface area contributed by atoms with Gasteiger partial charge in [-0.3, -0.25) is 9.59 Å². The van der Waals surface area contributed by atoms with E-state index in [9.17, 15) is 9.59 Å². The number of aromatic nitrogens is 4. The number of rotatable bonds is 9. The highest BCUT2D eigenvalue weighted by atomic mass is 16.2. The van der Waals surface area contributed by atoms with Gasteiger partial charge in [0.05, 0.1) is 12.5 Å². The summed E-state index contributed by atoms with van der Waals surface area (Å²) in [7, 11) is 0. The van der Waals surface area contributed by atoms with Crippen LogP contribution in [-0.2, 0) is 16.1 Å². The highest BCUT2D eigenvalue weighted by Gasteiger charge is 2.16. The van der Waals surface area contributed by atoms with Crippen molar-refractivity contribution in [2.24, 2.45) is 0 Å². The van der Waals surface area contributed by atoms with Crippen LogP contribution in [0.3, 0.4) is 0 Å². The zero-order chi connectivity index (χ0) is 21.2. The van der Waals surface area contributed by atoms with E-state index in [0.717, 1.165) is 11.3 Å². The number of para-hydroxylation sites is 1. The average molecular weight is 403 g/mol. The van der Waals surface area contributed by atoms with Crippen molar-refractivity contribution in [3.05, 3.63) is 66.9 Å². The van der Waals surface area contributed by atoms with Gasteiger partial charge < -0.3 is 10.2 Å². The van der Waals surface area contributed by atoms with E-state index in [2.05, 4.69) is 26.5 Å². The molecule has 9 heteroatoms. The minimum atomic E-state index is -0.225. The molecule has 3 rings (SSSR count). The van der Waals surface area contributed by atoms with Crippen molar-refractivity contribution in [3.8, 4) is 11.9 Å². The Morgan fingerprint density at radius 1 is 1.13 bits per heavy atom. The molecule has 1 N–H and O–H groups in total. The smallest absolute Gasteiger partial charge is 0.227 e. The number of hydrogen-bond donors (Lipinski definition) is 1. The van der Waals surface area contributed by atoms with Crippen LogP contribution in [0.1, 0.15) is 24.8 Å². The topological polar surface area (TPSA) is 117 Å². The molecular formula is C21H21N7O2. The van der Waals surface area contributed by atoms with Crippen molar-refractivity contribution < 1.29 is 9.59 Å². The van der Waals surface area contributed by atoms with Gasteiger partial charge in [0, 0.05) is 37.8 Å². The molecule has 2 amide bonds. The first-order valence-corrected chi connectivity index (χ1v) is 9.46. The molecule has 0 aliphatic heterocycles. The van der Waals surface area contributed by atoms with Crippen LogP contribution in [0.4, 0.5) is 5.69 Å². The summed E-state index contributed by atoms with van der Waals surface area (Å²) in [5.41, 5.74) is 1.55. The van der Waals surface area contributed by atoms with Crippen LogP contribution in [0.2, 0.25) is 0 Å². The van der Waals surface area contributed by atoms with Crippen LogP contribution in [0.5, 0.6) is 0 Å². The van der Waals surface area contributed by atoms with Crippen molar-refractivity contribution in [2.45, 2.75) is 25.8 Å². The maximum absolute atomic E-state index is 12.6. The normalized spacial score (nSPS) is 10.2. The lowest BCUT2D eigenvalue weighted by Gasteiger charge is -2.21. The predicted octanol–water partition coefficient (Wildman–Crippen LogP) is 2.01. The first-order valence-electron chi connectivity index (χ1n) is 9.46. The summed E-state index contributed by atoms with van der Waals surface area (Å²) in [5, 5.41) is 15.6. The van der Waals surface area contributed by atoms with Crippen LogP contribution in [0.15, 0.2) is 61.3 Å². The second-order valence-electron chi connectivity index (χ2n) is 6.43. The summed E-state index contributed by atoms with van der Waals surface area (Å²) in [6.07, 6.45) is 4.99. The monoisotopic (exact) mass is 403 g/mol. The largest absolute Gasteiger partial charge is 0.352 e. The number of nitrogens with zero attached hydrogens (tertiary/aromatic N) is 6. The second kappa shape index (κ2) is 10.5. The molecule has 30 heavy (non-hydrogen) atoms. The van der Waals surface area contributed by atoms with Gasteiger partial charge in [0.15, 0.2) is 5.82 Å². The number of hydrogen-bond acceptors (Lipinski definition) is 6. The van der Waals surface area contributed by atoms with E-state index in [4.69, 9.17) is 5.26 Å². The lowest BCUT2D eigenvalue weighted by Crippen LogP contribution is -2.33. The SMILES string of the molecule is N#CCCN(C(=O)CCC(=O)NCc1ccc(-n2cncn2)nc1)c1ccccc1. The van der Waals surface area contributed by atoms with Crippen molar-refractivity contribution in [2.75, 3.05) is 11.4 Å². The van der Waals surface area contributed by atoms with E-state index in [0.29, 0.717) is 18.9 Å². The van der Waals surface area contributed by atoms with E-state index < -0.39 is 0 Å². The van der Waals surface area contributed by atoms with Gasteiger partial charge in [-0.25, -0.2) is 14.6 Å². The number of nitrogens with one attached hydrogen (secondary N) is 1. The molecule has 0 fully saturated rings. The highest BCUT2D eigenvalue weighted by molar-refractivity contribution is 5.95. The van der Waals surface area contributed by atoms with Gasteiger partial charge in [-0.2, -0.15) is 10.4 Å². The summed E-state index contributed by atoms with van der Waals surface area (Å²) >= 11 is 0. The van der Waals surface area contributed by atoms with Crippen LogP contribution in [0, 0.1) is 11.3 Å². The summed E-state index contributed by atoms with van der Waals surface area (Å²) in [6.45, 7) is 0.610. The summed E-state index contributed by atoms with van der Waals surface area (Å²) in [5.74, 6) is 0.217. The van der Waals surface area contributed by atoms with E-state index in [1.807, 2.05) is 36.4 Å². The van der Waals surface area contributed by atoms with Crippen molar-refractivity contribution in [1.82, 2.24) is 25.1 Å². The van der Waals surface area contributed by atoms with E-state index >= 15 is 0 Å². The Morgan fingerprint density at radius 3 is 2.63 bits per heavy atom. The molecular weight excluding hydrogens is 382 g/mol. The average Bonchev–Trinajstić information content (AvgIpc) is 3.32. The molecule has 0 atom stereocenters. The molecule has 0 radical (unpaired) electrons. The molecule has 0 unspecified atom stereocenters. The fraction of sp³-hybridized carbons (Fsp3) is 0.238.